The van der Waals surface area contributed by atoms with Crippen molar-refractivity contribution in [2.75, 3.05) is 0 Å². The highest BCUT2D eigenvalue weighted by atomic mass is 32.2. The number of rotatable bonds is 7. The minimum atomic E-state index is -3.83. The third-order valence-electron chi connectivity index (χ3n) is 2.27. The third kappa shape index (κ3) is 5.82. The Kier molecular flexibility index (Phi) is 5.46. The van der Waals surface area contributed by atoms with Gasteiger partial charge in [0, 0.05) is 6.04 Å². The zero-order valence-corrected chi connectivity index (χ0v) is 11.6. The Morgan fingerprint density at radius 2 is 1.79 bits per heavy atom. The Morgan fingerprint density at radius 3 is 2.26 bits per heavy atom. The average molecular weight is 286 g/mol. The average Bonchev–Trinajstić information content (AvgIpc) is 2.27. The first-order valence-electron chi connectivity index (χ1n) is 5.86. The molecule has 6 nitrogen and oxygen atoms in total. The number of carboxylic acids is 1. The minimum Gasteiger partial charge on any atom is -0.480 e. The fraction of sp³-hybridized carbons (Fsp3) is 0.417. The van der Waals surface area contributed by atoms with E-state index in [1.807, 2.05) is 6.07 Å². The van der Waals surface area contributed by atoms with E-state index in [0.717, 1.165) is 5.56 Å². The van der Waals surface area contributed by atoms with E-state index in [9.17, 15) is 13.2 Å². The summed E-state index contributed by atoms with van der Waals surface area (Å²) in [6.07, 6.45) is 0.0924. The van der Waals surface area contributed by atoms with Gasteiger partial charge in [-0.15, -0.1) is 0 Å². The molecule has 1 aromatic rings. The summed E-state index contributed by atoms with van der Waals surface area (Å²) in [7, 11) is -3.83. The van der Waals surface area contributed by atoms with Crippen molar-refractivity contribution in [1.82, 2.24) is 9.44 Å². The van der Waals surface area contributed by atoms with Crippen LogP contribution in [0.1, 0.15) is 19.4 Å². The molecule has 0 aliphatic rings. The van der Waals surface area contributed by atoms with Crippen LogP contribution in [0.4, 0.5) is 0 Å². The van der Waals surface area contributed by atoms with Crippen LogP contribution in [0.25, 0.3) is 0 Å². The molecule has 0 bridgehead atoms. The van der Waals surface area contributed by atoms with Crippen molar-refractivity contribution in [3.63, 3.8) is 0 Å². The number of carboxylic acid groups (broad SMARTS) is 1. The molecule has 1 rings (SSSR count). The summed E-state index contributed by atoms with van der Waals surface area (Å²) >= 11 is 0. The second-order valence-corrected chi connectivity index (χ2v) is 5.95. The van der Waals surface area contributed by atoms with Crippen LogP contribution in [-0.2, 0) is 21.4 Å². The van der Waals surface area contributed by atoms with Gasteiger partial charge < -0.3 is 5.11 Å². The largest absolute Gasteiger partial charge is 0.480 e. The van der Waals surface area contributed by atoms with E-state index in [4.69, 9.17) is 5.11 Å². The Hall–Kier alpha value is -1.44. The molecule has 0 radical (unpaired) electrons. The number of nitrogens with one attached hydrogen (secondary N) is 2. The number of benzene rings is 1. The molecule has 106 valence electrons. The van der Waals surface area contributed by atoms with E-state index in [-0.39, 0.29) is 12.5 Å². The maximum atomic E-state index is 11.7. The van der Waals surface area contributed by atoms with Gasteiger partial charge in [0.05, 0.1) is 0 Å². The number of carbonyl (C=O) groups is 1. The van der Waals surface area contributed by atoms with Crippen LogP contribution in [0.5, 0.6) is 0 Å². The summed E-state index contributed by atoms with van der Waals surface area (Å²) < 4.78 is 27.7. The van der Waals surface area contributed by atoms with Gasteiger partial charge in [0.1, 0.15) is 6.04 Å². The molecule has 0 aromatic heterocycles. The molecule has 0 aliphatic carbocycles. The summed E-state index contributed by atoms with van der Waals surface area (Å²) in [5.74, 6) is -1.21. The molecule has 0 fully saturated rings. The van der Waals surface area contributed by atoms with Crippen LogP contribution in [0.15, 0.2) is 30.3 Å². The lowest BCUT2D eigenvalue weighted by atomic mass is 10.1. The second kappa shape index (κ2) is 6.65. The fourth-order valence-electron chi connectivity index (χ4n) is 1.56. The van der Waals surface area contributed by atoms with Crippen LogP contribution in [0.2, 0.25) is 0 Å². The molecular weight excluding hydrogens is 268 g/mol. The molecule has 1 atom stereocenters. The SMILES string of the molecule is CC(C)NS(=O)(=O)N[C@H](Cc1ccccc1)C(=O)O. The molecule has 0 aliphatic heterocycles. The van der Waals surface area contributed by atoms with Crippen molar-refractivity contribution in [2.45, 2.75) is 32.4 Å². The Morgan fingerprint density at radius 1 is 1.21 bits per heavy atom. The van der Waals surface area contributed by atoms with Crippen LogP contribution >= 0.6 is 0 Å². The molecule has 0 amide bonds. The van der Waals surface area contributed by atoms with Gasteiger partial charge in [-0.1, -0.05) is 30.3 Å². The lowest BCUT2D eigenvalue weighted by Crippen LogP contribution is -2.49. The molecule has 0 saturated heterocycles. The highest BCUT2D eigenvalue weighted by molar-refractivity contribution is 7.87. The summed E-state index contributed by atoms with van der Waals surface area (Å²) in [5, 5.41) is 9.08. The molecule has 3 N–H and O–H groups in total. The normalized spacial score (nSPS) is 13.4. The molecule has 0 heterocycles. The van der Waals surface area contributed by atoms with Gasteiger partial charge in [-0.3, -0.25) is 4.79 Å². The Balaban J connectivity index is 2.77. The molecule has 0 saturated carbocycles. The fourth-order valence-corrected chi connectivity index (χ4v) is 2.81. The smallest absolute Gasteiger partial charge is 0.322 e. The van der Waals surface area contributed by atoms with Crippen LogP contribution in [-0.4, -0.2) is 31.6 Å². The zero-order valence-electron chi connectivity index (χ0n) is 10.8. The van der Waals surface area contributed by atoms with Crippen LogP contribution in [0.3, 0.4) is 0 Å². The van der Waals surface area contributed by atoms with Gasteiger partial charge in [0.2, 0.25) is 0 Å². The minimum absolute atomic E-state index is 0.0924. The topological polar surface area (TPSA) is 95.5 Å². The van der Waals surface area contributed by atoms with Crippen molar-refractivity contribution >= 4 is 16.2 Å². The molecule has 0 unspecified atom stereocenters. The van der Waals surface area contributed by atoms with Gasteiger partial charge in [-0.25, -0.2) is 0 Å². The molecule has 0 spiro atoms. The molecular formula is C12H18N2O4S. The third-order valence-corrected chi connectivity index (χ3v) is 3.65. The van der Waals surface area contributed by atoms with Crippen molar-refractivity contribution in [3.8, 4) is 0 Å². The number of aliphatic carboxylic acids is 1. The Bertz CT molecular complexity index is 514. The van der Waals surface area contributed by atoms with E-state index < -0.39 is 22.2 Å². The predicted molar refractivity (Wildman–Crippen MR) is 71.9 cm³/mol. The summed E-state index contributed by atoms with van der Waals surface area (Å²) in [6, 6.07) is 7.36. The number of hydrogen-bond acceptors (Lipinski definition) is 3. The van der Waals surface area contributed by atoms with E-state index >= 15 is 0 Å². The van der Waals surface area contributed by atoms with Crippen LogP contribution in [0, 0.1) is 0 Å². The van der Waals surface area contributed by atoms with Gasteiger partial charge in [0.25, 0.3) is 10.2 Å². The van der Waals surface area contributed by atoms with Gasteiger partial charge in [-0.2, -0.15) is 17.9 Å². The first kappa shape index (κ1) is 15.6. The summed E-state index contributed by atoms with van der Waals surface area (Å²) in [5.41, 5.74) is 0.752. The van der Waals surface area contributed by atoms with Crippen molar-refractivity contribution in [3.05, 3.63) is 35.9 Å². The zero-order chi connectivity index (χ0) is 14.5. The highest BCUT2D eigenvalue weighted by Gasteiger charge is 2.24. The van der Waals surface area contributed by atoms with E-state index in [0.29, 0.717) is 0 Å². The van der Waals surface area contributed by atoms with Crippen molar-refractivity contribution in [1.29, 1.82) is 0 Å². The van der Waals surface area contributed by atoms with E-state index in [1.165, 1.54) is 0 Å². The van der Waals surface area contributed by atoms with E-state index in [2.05, 4.69) is 9.44 Å². The quantitative estimate of drug-likeness (QED) is 0.680. The van der Waals surface area contributed by atoms with E-state index in [1.54, 1.807) is 38.1 Å². The predicted octanol–water partition coefficient (Wildman–Crippen LogP) is 0.515. The lowest BCUT2D eigenvalue weighted by molar-refractivity contribution is -0.138. The van der Waals surface area contributed by atoms with Gasteiger partial charge in [0.15, 0.2) is 0 Å². The van der Waals surface area contributed by atoms with Gasteiger partial charge in [-0.05, 0) is 25.8 Å². The van der Waals surface area contributed by atoms with Crippen LogP contribution < -0.4 is 9.44 Å². The first-order chi connectivity index (χ1) is 8.80. The Labute approximate surface area is 113 Å². The lowest BCUT2D eigenvalue weighted by Gasteiger charge is -2.16. The first-order valence-corrected chi connectivity index (χ1v) is 7.35. The monoisotopic (exact) mass is 286 g/mol. The number of hydrogen-bond donors (Lipinski definition) is 3. The molecule has 19 heavy (non-hydrogen) atoms. The maximum absolute atomic E-state index is 11.7. The molecule has 7 heteroatoms. The van der Waals surface area contributed by atoms with Gasteiger partial charge >= 0.3 is 5.97 Å². The van der Waals surface area contributed by atoms with Crippen molar-refractivity contribution < 1.29 is 18.3 Å². The maximum Gasteiger partial charge on any atom is 0.322 e. The molecule has 1 aromatic carbocycles. The highest BCUT2D eigenvalue weighted by Crippen LogP contribution is 2.04. The second-order valence-electron chi connectivity index (χ2n) is 4.47. The van der Waals surface area contributed by atoms with Crippen molar-refractivity contribution in [2.24, 2.45) is 0 Å². The standard InChI is InChI=1S/C12H18N2O4S/c1-9(2)13-19(17,18)14-11(12(15)16)8-10-6-4-3-5-7-10/h3-7,9,11,13-14H,8H2,1-2H3,(H,15,16)/t11-/m1/s1. The summed E-state index contributed by atoms with van der Waals surface area (Å²) in [4.78, 5) is 11.1. The summed E-state index contributed by atoms with van der Waals surface area (Å²) in [6.45, 7) is 3.32.